The van der Waals surface area contributed by atoms with Crippen molar-refractivity contribution in [1.82, 2.24) is 0 Å². The molecule has 0 radical (unpaired) electrons. The molecule has 10 heteroatoms. The number of hydrogen-bond acceptors (Lipinski definition) is 5. The molecule has 0 saturated carbocycles. The van der Waals surface area contributed by atoms with Crippen LogP contribution in [0.1, 0.15) is 31.4 Å². The molecular weight excluding hydrogens is 547 g/mol. The second-order valence-electron chi connectivity index (χ2n) is 10.2. The van der Waals surface area contributed by atoms with Crippen molar-refractivity contribution in [3.8, 4) is 0 Å². The van der Waals surface area contributed by atoms with Gasteiger partial charge in [0, 0.05) is 33.8 Å². The lowest BCUT2D eigenvalue weighted by atomic mass is 9.82. The number of fused-ring (bicyclic) bond motifs is 2. The van der Waals surface area contributed by atoms with Crippen molar-refractivity contribution in [2.45, 2.75) is 63.3 Å². The summed E-state index contributed by atoms with van der Waals surface area (Å²) >= 11 is 3.52. The lowest BCUT2D eigenvalue weighted by Crippen LogP contribution is -2.45. The van der Waals surface area contributed by atoms with Gasteiger partial charge in [-0.05, 0) is 62.3 Å². The highest BCUT2D eigenvalue weighted by molar-refractivity contribution is 9.10. The minimum absolute atomic E-state index is 0.150. The number of aliphatic hydroxyl groups excluding tert-OH is 2. The lowest BCUT2D eigenvalue weighted by Gasteiger charge is -2.31. The Bertz CT molecular complexity index is 1170. The summed E-state index contributed by atoms with van der Waals surface area (Å²) in [6.07, 6.45) is -1.45. The normalized spacial score (nSPS) is 26.4. The van der Waals surface area contributed by atoms with Crippen LogP contribution in [-0.2, 0) is 26.5 Å². The minimum Gasteiger partial charge on any atom is -0.396 e. The van der Waals surface area contributed by atoms with Crippen molar-refractivity contribution in [2.24, 2.45) is 5.92 Å². The van der Waals surface area contributed by atoms with Crippen LogP contribution < -0.4 is 10.2 Å². The molecule has 0 aromatic heterocycles. The van der Waals surface area contributed by atoms with Gasteiger partial charge in [-0.3, -0.25) is 9.59 Å². The molecule has 0 aliphatic carbocycles. The number of carbonyl (C=O) groups excluding carboxylic acids is 2. The van der Waals surface area contributed by atoms with Gasteiger partial charge in [-0.15, -0.1) is 0 Å². The van der Waals surface area contributed by atoms with Crippen molar-refractivity contribution in [3.63, 3.8) is 0 Å². The number of aliphatic hydroxyl groups is 2. The van der Waals surface area contributed by atoms with E-state index in [0.29, 0.717) is 16.9 Å². The summed E-state index contributed by atoms with van der Waals surface area (Å²) in [5.41, 5.74) is 0.853. The molecule has 2 heterocycles. The van der Waals surface area contributed by atoms with Gasteiger partial charge < -0.3 is 29.3 Å². The predicted molar refractivity (Wildman–Crippen MR) is 142 cm³/mol. The van der Waals surface area contributed by atoms with Gasteiger partial charge in [-0.1, -0.05) is 35.0 Å². The Morgan fingerprint density at radius 1 is 1.31 bits per heavy atom. The van der Waals surface area contributed by atoms with E-state index in [4.69, 9.17) is 4.74 Å². The number of amides is 2. The Morgan fingerprint density at radius 3 is 2.67 bits per heavy atom. The first-order chi connectivity index (χ1) is 16.9. The fourth-order valence-corrected chi connectivity index (χ4v) is 8.65. The van der Waals surface area contributed by atoms with Crippen molar-refractivity contribution in [3.05, 3.63) is 58.1 Å². The third kappa shape index (κ3) is 4.65. The van der Waals surface area contributed by atoms with Crippen molar-refractivity contribution < 1.29 is 28.6 Å². The van der Waals surface area contributed by atoms with Crippen LogP contribution in [0.15, 0.2) is 46.9 Å². The third-order valence-electron chi connectivity index (χ3n) is 7.25. The molecule has 1 spiro atoms. The number of hydrogen-bond donors (Lipinski definition) is 3. The van der Waals surface area contributed by atoms with Crippen LogP contribution in [0.5, 0.6) is 0 Å². The number of benzene rings is 2. The highest BCUT2D eigenvalue weighted by atomic mass is 79.9. The van der Waals surface area contributed by atoms with Gasteiger partial charge >= 0.3 is 0 Å². The number of halogens is 2. The Hall–Kier alpha value is -2.11. The van der Waals surface area contributed by atoms with Crippen LogP contribution in [0, 0.1) is 5.92 Å². The molecule has 1 saturated heterocycles. The smallest absolute Gasteiger partial charge is 0.264 e. The number of nitrogens with one attached hydrogen (secondary N) is 1. The largest absolute Gasteiger partial charge is 0.396 e. The van der Waals surface area contributed by atoms with Gasteiger partial charge in [0.15, 0.2) is 5.60 Å². The molecule has 5 atom stereocenters. The van der Waals surface area contributed by atoms with Crippen LogP contribution in [0.4, 0.5) is 15.5 Å². The number of anilines is 2. The maximum Gasteiger partial charge on any atom is 0.264 e. The number of carbonyl (C=O) groups is 2. The molecule has 7 nitrogen and oxygen atoms in total. The fraction of sp³-hybridized carbons (Fsp3) is 0.462. The first kappa shape index (κ1) is 26.9. The van der Waals surface area contributed by atoms with E-state index in [2.05, 4.69) is 21.2 Å². The topological polar surface area (TPSA) is 99.1 Å². The molecule has 2 aromatic rings. The second kappa shape index (κ2) is 9.98. The molecule has 0 bridgehead atoms. The number of rotatable bonds is 7. The SMILES string of the molecule is C[C@H](O)C(=O)Nc1cccc(CN2C(=O)[C@]3(O[C@H](CCO)[C@@H]([Si](C)(C)F)[C@@H]3C)c3cc(Br)ccc32)c1. The summed E-state index contributed by atoms with van der Waals surface area (Å²) in [5.74, 6) is -1.21. The van der Waals surface area contributed by atoms with Crippen LogP contribution in [-0.4, -0.2) is 49.2 Å². The van der Waals surface area contributed by atoms with E-state index in [0.717, 1.165) is 10.0 Å². The second-order valence-corrected chi connectivity index (χ2v) is 14.9. The lowest BCUT2D eigenvalue weighted by molar-refractivity contribution is -0.146. The van der Waals surface area contributed by atoms with E-state index in [-0.39, 0.29) is 25.5 Å². The van der Waals surface area contributed by atoms with Crippen LogP contribution in [0.25, 0.3) is 0 Å². The zero-order valence-electron chi connectivity index (χ0n) is 20.8. The molecule has 194 valence electrons. The van der Waals surface area contributed by atoms with E-state index >= 15 is 4.11 Å². The number of nitrogens with zero attached hydrogens (tertiary/aromatic N) is 1. The van der Waals surface area contributed by atoms with E-state index < -0.39 is 43.6 Å². The molecule has 0 unspecified atom stereocenters. The standard InChI is InChI=1S/C26H32BrFN2O5Si/c1-15-23(36(3,4)28)22(10-11-31)35-26(15)20-13-18(27)8-9-21(20)30(25(26)34)14-17-6-5-7-19(12-17)29-24(33)16(2)32/h5-9,12-13,15-16,22-23,31-32H,10-11,14H2,1-4H3,(H,29,33)/t15-,16-,22+,23-,26+/m0/s1. The molecule has 3 N–H and O–H groups in total. The first-order valence-corrected chi connectivity index (χ1v) is 15.8. The molecule has 2 amide bonds. The van der Waals surface area contributed by atoms with Crippen molar-refractivity contribution in [1.29, 1.82) is 0 Å². The van der Waals surface area contributed by atoms with Gasteiger partial charge in [0.05, 0.1) is 18.3 Å². The monoisotopic (exact) mass is 578 g/mol. The van der Waals surface area contributed by atoms with E-state index in [1.165, 1.54) is 6.92 Å². The zero-order valence-corrected chi connectivity index (χ0v) is 23.4. The van der Waals surface area contributed by atoms with Gasteiger partial charge in [0.2, 0.25) is 8.41 Å². The Balaban J connectivity index is 1.74. The van der Waals surface area contributed by atoms with Crippen molar-refractivity contribution in [2.75, 3.05) is 16.8 Å². The summed E-state index contributed by atoms with van der Waals surface area (Å²) in [6, 6.07) is 12.7. The molecule has 36 heavy (non-hydrogen) atoms. The average Bonchev–Trinajstić information content (AvgIpc) is 3.21. The first-order valence-electron chi connectivity index (χ1n) is 12.1. The highest BCUT2D eigenvalue weighted by Crippen LogP contribution is 2.60. The molecule has 4 rings (SSSR count). The van der Waals surface area contributed by atoms with Gasteiger partial charge in [0.1, 0.15) is 6.10 Å². The Morgan fingerprint density at radius 2 is 2.03 bits per heavy atom. The summed E-state index contributed by atoms with van der Waals surface area (Å²) in [4.78, 5) is 27.8. The van der Waals surface area contributed by atoms with Gasteiger partial charge in [0.25, 0.3) is 11.8 Å². The molecular formula is C26H32BrFN2O5Si. The average molecular weight is 580 g/mol. The maximum absolute atomic E-state index is 15.6. The Kier molecular flexibility index (Phi) is 7.47. The van der Waals surface area contributed by atoms with Crippen molar-refractivity contribution >= 4 is 47.5 Å². The quantitative estimate of drug-likeness (QED) is 0.332. The van der Waals surface area contributed by atoms with E-state index in [9.17, 15) is 19.8 Å². The van der Waals surface area contributed by atoms with Crippen LogP contribution in [0.2, 0.25) is 18.6 Å². The van der Waals surface area contributed by atoms with E-state index in [1.54, 1.807) is 36.2 Å². The van der Waals surface area contributed by atoms with E-state index in [1.807, 2.05) is 31.2 Å². The maximum atomic E-state index is 15.6. The van der Waals surface area contributed by atoms with Gasteiger partial charge in [-0.25, -0.2) is 0 Å². The molecule has 2 aromatic carbocycles. The van der Waals surface area contributed by atoms with Crippen LogP contribution in [0.3, 0.4) is 0 Å². The molecule has 2 aliphatic heterocycles. The minimum atomic E-state index is -3.25. The summed E-state index contributed by atoms with van der Waals surface area (Å²) in [7, 11) is -3.25. The number of ether oxygens (including phenoxy) is 1. The zero-order chi connectivity index (χ0) is 26.4. The fourth-order valence-electron chi connectivity index (χ4n) is 5.75. The molecule has 1 fully saturated rings. The Labute approximate surface area is 220 Å². The summed E-state index contributed by atoms with van der Waals surface area (Å²) < 4.78 is 22.9. The highest BCUT2D eigenvalue weighted by Gasteiger charge is 2.66. The van der Waals surface area contributed by atoms with Crippen LogP contribution >= 0.6 is 15.9 Å². The summed E-state index contributed by atoms with van der Waals surface area (Å²) in [5, 5.41) is 21.8. The predicted octanol–water partition coefficient (Wildman–Crippen LogP) is 4.47. The summed E-state index contributed by atoms with van der Waals surface area (Å²) in [6.45, 7) is 6.60. The molecule has 2 aliphatic rings. The van der Waals surface area contributed by atoms with Gasteiger partial charge in [-0.2, -0.15) is 0 Å². The third-order valence-corrected chi connectivity index (χ3v) is 10.2.